The Morgan fingerprint density at radius 3 is 2.08 bits per heavy atom. The molecule has 0 aliphatic carbocycles. The zero-order valence-electron chi connectivity index (χ0n) is 28.4. The average Bonchev–Trinajstić information content (AvgIpc) is 3.76. The number of hydrogen-bond acceptors (Lipinski definition) is 4. The lowest BCUT2D eigenvalue weighted by Gasteiger charge is -2.32. The summed E-state index contributed by atoms with van der Waals surface area (Å²) in [6.45, 7) is 0. The van der Waals surface area contributed by atoms with Crippen LogP contribution in [-0.2, 0) is 0 Å². The molecule has 0 saturated carbocycles. The molecule has 0 atom stereocenters. The lowest BCUT2D eigenvalue weighted by atomic mass is 9.90. The third kappa shape index (κ3) is 4.11. The molecule has 4 heterocycles. The number of fused-ring (bicyclic) bond motifs is 9. The van der Waals surface area contributed by atoms with Crippen LogP contribution in [-0.4, -0.2) is 14.5 Å². The summed E-state index contributed by atoms with van der Waals surface area (Å²) in [6.07, 6.45) is 0. The predicted octanol–water partition coefficient (Wildman–Crippen LogP) is 13.4. The highest BCUT2D eigenvalue weighted by Gasteiger charge is 2.30. The third-order valence-electron chi connectivity index (χ3n) is 10.9. The highest BCUT2D eigenvalue weighted by Crippen LogP contribution is 2.52. The van der Waals surface area contributed by atoms with Gasteiger partial charge in [-0.05, 0) is 70.3 Å². The monoisotopic (exact) mass is 692 g/mol. The van der Waals surface area contributed by atoms with E-state index in [2.05, 4.69) is 179 Å². The van der Waals surface area contributed by atoms with Gasteiger partial charge in [0.2, 0.25) is 5.95 Å². The Balaban J connectivity index is 1.18. The van der Waals surface area contributed by atoms with Gasteiger partial charge in [0.05, 0.1) is 38.3 Å². The van der Waals surface area contributed by atoms with E-state index in [1.807, 2.05) is 0 Å². The first-order chi connectivity index (χ1) is 26.3. The fourth-order valence-corrected chi connectivity index (χ4v) is 9.71. The minimum absolute atomic E-state index is 0.665. The molecular weight excluding hydrogens is 665 g/mol. The normalized spacial score (nSPS) is 12.5. The average molecular weight is 693 g/mol. The maximum atomic E-state index is 5.61. The summed E-state index contributed by atoms with van der Waals surface area (Å²) >= 11 is 1.77. The Morgan fingerprint density at radius 1 is 0.472 bits per heavy atom. The molecule has 3 aromatic heterocycles. The number of thiophene rings is 1. The Hall–Kier alpha value is -6.82. The van der Waals surface area contributed by atoms with Gasteiger partial charge in [-0.15, -0.1) is 11.3 Å². The predicted molar refractivity (Wildman–Crippen MR) is 223 cm³/mol. The first-order valence-corrected chi connectivity index (χ1v) is 18.7. The molecule has 0 saturated heterocycles. The van der Waals surface area contributed by atoms with E-state index in [9.17, 15) is 0 Å². The fourth-order valence-electron chi connectivity index (χ4n) is 8.55. The maximum absolute atomic E-state index is 5.61. The van der Waals surface area contributed by atoms with Crippen LogP contribution in [0.25, 0.3) is 91.7 Å². The Labute approximate surface area is 308 Å². The number of nitrogens with zero attached hydrogens (tertiary/aromatic N) is 4. The van der Waals surface area contributed by atoms with Crippen LogP contribution >= 0.6 is 11.3 Å². The number of anilines is 3. The van der Waals surface area contributed by atoms with Gasteiger partial charge in [0, 0.05) is 43.1 Å². The molecule has 0 amide bonds. The van der Waals surface area contributed by atoms with Crippen molar-refractivity contribution in [3.63, 3.8) is 0 Å². The van der Waals surface area contributed by atoms with Crippen molar-refractivity contribution < 1.29 is 0 Å². The van der Waals surface area contributed by atoms with Crippen molar-refractivity contribution in [3.8, 4) is 28.1 Å². The first-order valence-electron chi connectivity index (χ1n) is 17.9. The minimum Gasteiger partial charge on any atom is -0.309 e. The summed E-state index contributed by atoms with van der Waals surface area (Å²) in [5, 5.41) is 8.41. The van der Waals surface area contributed by atoms with E-state index in [1.165, 1.54) is 53.7 Å². The number of aromatic nitrogens is 3. The van der Waals surface area contributed by atoms with Gasteiger partial charge in [0.15, 0.2) is 0 Å². The summed E-state index contributed by atoms with van der Waals surface area (Å²) in [6, 6.07) is 61.2. The molecule has 53 heavy (non-hydrogen) atoms. The van der Waals surface area contributed by atoms with Gasteiger partial charge < -0.3 is 4.57 Å². The number of hydrogen-bond donors (Lipinski definition) is 0. The highest BCUT2D eigenvalue weighted by atomic mass is 32.1. The largest absolute Gasteiger partial charge is 0.309 e. The Kier molecular flexibility index (Phi) is 5.90. The smallest absolute Gasteiger partial charge is 0.235 e. The van der Waals surface area contributed by atoms with Crippen LogP contribution in [0.5, 0.6) is 0 Å². The van der Waals surface area contributed by atoms with Gasteiger partial charge in [0.25, 0.3) is 0 Å². The molecule has 0 fully saturated rings. The van der Waals surface area contributed by atoms with E-state index in [1.54, 1.807) is 11.3 Å². The highest BCUT2D eigenvalue weighted by molar-refractivity contribution is 7.26. The lowest BCUT2D eigenvalue weighted by molar-refractivity contribution is 1.12. The van der Waals surface area contributed by atoms with Crippen molar-refractivity contribution in [3.05, 3.63) is 170 Å². The van der Waals surface area contributed by atoms with Crippen molar-refractivity contribution in [1.29, 1.82) is 0 Å². The van der Waals surface area contributed by atoms with Gasteiger partial charge in [-0.3, -0.25) is 4.90 Å². The molecule has 1 aliphatic heterocycles. The molecule has 0 spiro atoms. The molecule has 0 radical (unpaired) electrons. The Bertz CT molecular complexity index is 3300. The first kappa shape index (κ1) is 28.8. The van der Waals surface area contributed by atoms with Crippen LogP contribution in [0.15, 0.2) is 170 Å². The molecule has 11 aromatic rings. The number of rotatable bonds is 3. The van der Waals surface area contributed by atoms with Crippen LogP contribution in [0.2, 0.25) is 0 Å². The SMILES string of the molecule is c1ccc(-n2c3ccccc3c3ccc(-c4nc(N5c6cc7ccccc7cc6-c6cccc7cccc5c67)nc5c4sc4ccccc45)cc32)cc1. The summed E-state index contributed by atoms with van der Waals surface area (Å²) in [5.74, 6) is 0.665. The zero-order valence-corrected chi connectivity index (χ0v) is 29.2. The molecule has 0 bridgehead atoms. The summed E-state index contributed by atoms with van der Waals surface area (Å²) in [7, 11) is 0. The second-order valence-corrected chi connectivity index (χ2v) is 14.9. The van der Waals surface area contributed by atoms with Crippen LogP contribution in [0, 0.1) is 0 Å². The van der Waals surface area contributed by atoms with Crippen LogP contribution in [0.4, 0.5) is 17.3 Å². The number of benzene rings is 8. The molecular formula is C48H28N4S. The van der Waals surface area contributed by atoms with Crippen molar-refractivity contribution in [2.75, 3.05) is 4.90 Å². The number of para-hydroxylation sites is 2. The Morgan fingerprint density at radius 2 is 1.19 bits per heavy atom. The van der Waals surface area contributed by atoms with Crippen LogP contribution < -0.4 is 4.90 Å². The standard InChI is InChI=1S/C48H28N4S/c1-2-16-33(17-3-1)51-39-21-8-6-18-34(39)35-25-24-32(28-41(35)51)45-47-46(37-19-7-9-23-43(37)53-47)50-48(49-45)52-40-22-11-15-29-14-10-20-36(44(29)40)38-26-30-12-4-5-13-31(30)27-42(38)52/h1-28H. The summed E-state index contributed by atoms with van der Waals surface area (Å²) < 4.78 is 4.67. The summed E-state index contributed by atoms with van der Waals surface area (Å²) in [4.78, 5) is 13.4. The molecule has 5 heteroatoms. The van der Waals surface area contributed by atoms with E-state index in [4.69, 9.17) is 9.97 Å². The molecule has 8 aromatic carbocycles. The van der Waals surface area contributed by atoms with E-state index < -0.39 is 0 Å². The van der Waals surface area contributed by atoms with E-state index in [0.29, 0.717) is 5.95 Å². The minimum atomic E-state index is 0.665. The van der Waals surface area contributed by atoms with Gasteiger partial charge in [0.1, 0.15) is 0 Å². The van der Waals surface area contributed by atoms with Crippen LogP contribution in [0.3, 0.4) is 0 Å². The van der Waals surface area contributed by atoms with Crippen molar-refractivity contribution in [2.24, 2.45) is 0 Å². The van der Waals surface area contributed by atoms with E-state index in [0.717, 1.165) is 49.4 Å². The molecule has 12 rings (SSSR count). The maximum Gasteiger partial charge on any atom is 0.235 e. The molecule has 0 unspecified atom stereocenters. The fraction of sp³-hybridized carbons (Fsp3) is 0. The molecule has 4 nitrogen and oxygen atoms in total. The van der Waals surface area contributed by atoms with Crippen LogP contribution in [0.1, 0.15) is 0 Å². The lowest BCUT2D eigenvalue weighted by Crippen LogP contribution is -2.18. The van der Waals surface area contributed by atoms with Crippen molar-refractivity contribution >= 4 is 92.3 Å². The quantitative estimate of drug-likeness (QED) is 0.185. The third-order valence-corrected chi connectivity index (χ3v) is 12.1. The topological polar surface area (TPSA) is 34.0 Å². The van der Waals surface area contributed by atoms with Gasteiger partial charge in [-0.2, -0.15) is 0 Å². The zero-order chi connectivity index (χ0) is 34.6. The van der Waals surface area contributed by atoms with Gasteiger partial charge >= 0.3 is 0 Å². The molecule has 1 aliphatic rings. The molecule has 0 N–H and O–H groups in total. The van der Waals surface area contributed by atoms with E-state index >= 15 is 0 Å². The van der Waals surface area contributed by atoms with Gasteiger partial charge in [-0.1, -0.05) is 121 Å². The second-order valence-electron chi connectivity index (χ2n) is 13.8. The molecule has 246 valence electrons. The van der Waals surface area contributed by atoms with Crippen molar-refractivity contribution in [1.82, 2.24) is 14.5 Å². The second kappa shape index (κ2) is 10.8. The van der Waals surface area contributed by atoms with Crippen molar-refractivity contribution in [2.45, 2.75) is 0 Å². The summed E-state index contributed by atoms with van der Waals surface area (Å²) in [5.41, 5.74) is 11.0. The van der Waals surface area contributed by atoms with Gasteiger partial charge in [-0.25, -0.2) is 9.97 Å². The van der Waals surface area contributed by atoms with E-state index in [-0.39, 0.29) is 0 Å².